The molecule has 2 heteroatoms. The van der Waals surface area contributed by atoms with Gasteiger partial charge in [-0.25, -0.2) is 0 Å². The molecule has 0 saturated heterocycles. The molecular formula is C16H35OP. The summed E-state index contributed by atoms with van der Waals surface area (Å²) in [5.41, 5.74) is 0. The predicted molar refractivity (Wildman–Crippen MR) is 86.0 cm³/mol. The highest BCUT2D eigenvalue weighted by atomic mass is 31.0. The fraction of sp³-hybridized carbons (Fsp3) is 1.00. The van der Waals surface area contributed by atoms with Gasteiger partial charge in [-0.3, -0.25) is 0 Å². The van der Waals surface area contributed by atoms with E-state index in [1.165, 1.54) is 64.2 Å². The summed E-state index contributed by atoms with van der Waals surface area (Å²) in [5.74, 6) is 0.386. The molecule has 3 atom stereocenters. The average molecular weight is 274 g/mol. The maximum absolute atomic E-state index is 9.79. The summed E-state index contributed by atoms with van der Waals surface area (Å²) in [6.45, 7) is 6.30. The third-order valence-corrected chi connectivity index (χ3v) is 4.56. The molecule has 1 N–H and O–H groups in total. The number of unbranched alkanes of at least 4 members (excludes halogenated alkanes) is 9. The number of rotatable bonds is 12. The molecule has 0 radical (unpaired) electrons. The molecule has 0 bridgehead atoms. The quantitative estimate of drug-likeness (QED) is 0.367. The van der Waals surface area contributed by atoms with Gasteiger partial charge in [-0.1, -0.05) is 78.1 Å². The van der Waals surface area contributed by atoms with Crippen LogP contribution in [0, 0.1) is 5.92 Å². The normalized spacial score (nSPS) is 16.5. The fourth-order valence-electron chi connectivity index (χ4n) is 2.23. The van der Waals surface area contributed by atoms with Crippen LogP contribution in [0.5, 0.6) is 0 Å². The number of aliphatic hydroxyl groups is 1. The van der Waals surface area contributed by atoms with E-state index in [2.05, 4.69) is 23.1 Å². The third kappa shape index (κ3) is 11.5. The first-order chi connectivity index (χ1) is 8.48. The van der Waals surface area contributed by atoms with Crippen molar-refractivity contribution in [2.24, 2.45) is 5.92 Å². The van der Waals surface area contributed by atoms with Gasteiger partial charge in [0.15, 0.2) is 0 Å². The summed E-state index contributed by atoms with van der Waals surface area (Å²) in [7, 11) is 2.55. The average Bonchev–Trinajstić information content (AvgIpc) is 2.30. The highest BCUT2D eigenvalue weighted by Crippen LogP contribution is 2.28. The lowest BCUT2D eigenvalue weighted by Crippen LogP contribution is -2.24. The Bertz CT molecular complexity index is 174. The highest BCUT2D eigenvalue weighted by Gasteiger charge is 2.21. The lowest BCUT2D eigenvalue weighted by atomic mass is 9.97. The van der Waals surface area contributed by atoms with E-state index >= 15 is 0 Å². The summed E-state index contributed by atoms with van der Waals surface area (Å²) in [4.78, 5) is 0. The fourth-order valence-corrected chi connectivity index (χ4v) is 2.40. The molecule has 18 heavy (non-hydrogen) atoms. The largest absolute Gasteiger partial charge is 0.386 e. The minimum absolute atomic E-state index is 0.386. The molecule has 0 aromatic heterocycles. The van der Waals surface area contributed by atoms with E-state index in [0.29, 0.717) is 5.92 Å². The molecule has 3 unspecified atom stereocenters. The second kappa shape index (κ2) is 11.2. The molecule has 0 aliphatic heterocycles. The summed E-state index contributed by atoms with van der Waals surface area (Å²) in [6, 6.07) is 0. The molecule has 0 heterocycles. The van der Waals surface area contributed by atoms with Gasteiger partial charge < -0.3 is 5.11 Å². The van der Waals surface area contributed by atoms with Crippen LogP contribution in [0.3, 0.4) is 0 Å². The monoisotopic (exact) mass is 274 g/mol. The van der Waals surface area contributed by atoms with E-state index in [9.17, 15) is 5.11 Å². The van der Waals surface area contributed by atoms with E-state index in [-0.39, 0.29) is 0 Å². The van der Waals surface area contributed by atoms with Gasteiger partial charge in [-0.2, -0.15) is 0 Å². The molecule has 0 aromatic carbocycles. The Morgan fingerprint density at radius 3 is 1.67 bits per heavy atom. The van der Waals surface area contributed by atoms with Gasteiger partial charge in [0.25, 0.3) is 0 Å². The van der Waals surface area contributed by atoms with Gasteiger partial charge >= 0.3 is 0 Å². The molecule has 0 spiro atoms. The summed E-state index contributed by atoms with van der Waals surface area (Å²) in [6.07, 6.45) is 15.0. The van der Waals surface area contributed by atoms with Crippen molar-refractivity contribution in [2.45, 2.75) is 96.7 Å². The van der Waals surface area contributed by atoms with Crippen LogP contribution < -0.4 is 0 Å². The minimum Gasteiger partial charge on any atom is -0.386 e. The zero-order chi connectivity index (χ0) is 13.9. The molecule has 0 rings (SSSR count). The van der Waals surface area contributed by atoms with Crippen molar-refractivity contribution in [1.82, 2.24) is 0 Å². The van der Waals surface area contributed by atoms with Crippen LogP contribution in [-0.4, -0.2) is 10.4 Å². The van der Waals surface area contributed by atoms with Crippen molar-refractivity contribution >= 4 is 9.24 Å². The van der Waals surface area contributed by atoms with Gasteiger partial charge in [0.1, 0.15) is 0 Å². The van der Waals surface area contributed by atoms with Gasteiger partial charge in [-0.05, 0) is 19.3 Å². The van der Waals surface area contributed by atoms with E-state index in [1.807, 2.05) is 6.92 Å². The maximum Gasteiger partial charge on any atom is 0.0776 e. The van der Waals surface area contributed by atoms with Crippen molar-refractivity contribution in [3.05, 3.63) is 0 Å². The SMILES string of the molecule is CCCCCCCCCCCCC(C)C(C)(O)P. The molecule has 0 fully saturated rings. The zero-order valence-corrected chi connectivity index (χ0v) is 14.0. The Kier molecular flexibility index (Phi) is 11.5. The first-order valence-electron chi connectivity index (χ1n) is 7.99. The van der Waals surface area contributed by atoms with Crippen LogP contribution in [0.15, 0.2) is 0 Å². The van der Waals surface area contributed by atoms with E-state index in [0.717, 1.165) is 6.42 Å². The highest BCUT2D eigenvalue weighted by molar-refractivity contribution is 7.18. The summed E-state index contributed by atoms with van der Waals surface area (Å²) in [5, 5.41) is 9.21. The van der Waals surface area contributed by atoms with E-state index in [4.69, 9.17) is 0 Å². The van der Waals surface area contributed by atoms with Crippen LogP contribution in [-0.2, 0) is 0 Å². The molecule has 0 aliphatic rings. The molecular weight excluding hydrogens is 239 g/mol. The zero-order valence-electron chi connectivity index (χ0n) is 12.9. The molecule has 0 aliphatic carbocycles. The van der Waals surface area contributed by atoms with Crippen molar-refractivity contribution in [3.8, 4) is 0 Å². The predicted octanol–water partition coefficient (Wildman–Crippen LogP) is 5.52. The molecule has 1 nitrogen and oxygen atoms in total. The topological polar surface area (TPSA) is 20.2 Å². The Balaban J connectivity index is 3.17. The lowest BCUT2D eigenvalue weighted by Gasteiger charge is -2.25. The van der Waals surface area contributed by atoms with Crippen LogP contribution in [0.25, 0.3) is 0 Å². The Morgan fingerprint density at radius 1 is 0.889 bits per heavy atom. The van der Waals surface area contributed by atoms with Gasteiger partial charge in [0.2, 0.25) is 0 Å². The Hall–Kier alpha value is 0.390. The lowest BCUT2D eigenvalue weighted by molar-refractivity contribution is 0.0914. The standard InChI is InChI=1S/C16H35OP/c1-4-5-6-7-8-9-10-11-12-13-14-15(2)16(3,17)18/h15,17H,4-14,18H2,1-3H3. The van der Waals surface area contributed by atoms with Crippen LogP contribution >= 0.6 is 9.24 Å². The van der Waals surface area contributed by atoms with Gasteiger partial charge in [0, 0.05) is 0 Å². The second-order valence-corrected chi connectivity index (χ2v) is 7.27. The van der Waals surface area contributed by atoms with Crippen molar-refractivity contribution < 1.29 is 5.11 Å². The summed E-state index contributed by atoms with van der Waals surface area (Å²) < 4.78 is 0. The van der Waals surface area contributed by atoms with E-state index in [1.54, 1.807) is 0 Å². The molecule has 0 aromatic rings. The van der Waals surface area contributed by atoms with E-state index < -0.39 is 5.34 Å². The Morgan fingerprint density at radius 2 is 1.28 bits per heavy atom. The number of hydrogen-bond acceptors (Lipinski definition) is 1. The molecule has 110 valence electrons. The van der Waals surface area contributed by atoms with Crippen LogP contribution in [0.4, 0.5) is 0 Å². The Labute approximate surface area is 117 Å². The van der Waals surface area contributed by atoms with Crippen LogP contribution in [0.1, 0.15) is 91.4 Å². The smallest absolute Gasteiger partial charge is 0.0776 e. The minimum atomic E-state index is -0.584. The first kappa shape index (κ1) is 18.4. The first-order valence-corrected chi connectivity index (χ1v) is 8.57. The van der Waals surface area contributed by atoms with Crippen molar-refractivity contribution in [3.63, 3.8) is 0 Å². The van der Waals surface area contributed by atoms with Gasteiger partial charge in [0.05, 0.1) is 5.34 Å². The van der Waals surface area contributed by atoms with Crippen molar-refractivity contribution in [1.29, 1.82) is 0 Å². The molecule has 0 saturated carbocycles. The number of hydrogen-bond donors (Lipinski definition) is 1. The van der Waals surface area contributed by atoms with Gasteiger partial charge in [-0.15, -0.1) is 9.24 Å². The third-order valence-electron chi connectivity index (χ3n) is 3.99. The molecule has 0 amide bonds. The van der Waals surface area contributed by atoms with Crippen LogP contribution in [0.2, 0.25) is 0 Å². The second-order valence-electron chi connectivity index (χ2n) is 6.10. The van der Waals surface area contributed by atoms with Crippen molar-refractivity contribution in [2.75, 3.05) is 0 Å². The summed E-state index contributed by atoms with van der Waals surface area (Å²) >= 11 is 0. The maximum atomic E-state index is 9.79.